The number of carbonyl (C=O) groups excluding carboxylic acids is 1. The topological polar surface area (TPSA) is 20.3 Å². The molecule has 1 aliphatic carbocycles. The van der Waals surface area contributed by atoms with Crippen LogP contribution in [0.2, 0.25) is 0 Å². The zero-order valence-corrected chi connectivity index (χ0v) is 10.2. The minimum absolute atomic E-state index is 0.443. The van der Waals surface area contributed by atoms with Crippen LogP contribution in [-0.4, -0.2) is 12.5 Å². The molecule has 0 unspecified atom stereocenters. The highest BCUT2D eigenvalue weighted by atomic mass is 16.1. The van der Waals surface area contributed by atoms with Gasteiger partial charge in [-0.05, 0) is 42.9 Å². The molecule has 0 bridgehead atoms. The van der Waals surface area contributed by atoms with E-state index in [1.807, 2.05) is 4.90 Å². The normalized spacial score (nSPS) is 15.2. The second-order valence-electron chi connectivity index (χ2n) is 4.94. The molecular weight excluding hydrogens is 198 g/mol. The largest absolute Gasteiger partial charge is 0.312 e. The molecule has 2 nitrogen and oxygen atoms in total. The third-order valence-electron chi connectivity index (χ3n) is 3.23. The van der Waals surface area contributed by atoms with Crippen molar-refractivity contribution in [3.63, 3.8) is 0 Å². The molecule has 1 aromatic rings. The minimum atomic E-state index is 0.443. The number of benzene rings is 1. The van der Waals surface area contributed by atoms with Gasteiger partial charge in [-0.2, -0.15) is 0 Å². The number of hydrogen-bond donors (Lipinski definition) is 0. The number of amides is 1. The van der Waals surface area contributed by atoms with Gasteiger partial charge < -0.3 is 4.90 Å². The quantitative estimate of drug-likeness (QED) is 0.709. The molecule has 1 amide bonds. The van der Waals surface area contributed by atoms with Crippen molar-refractivity contribution in [2.45, 2.75) is 45.6 Å². The first kappa shape index (κ1) is 11.2. The molecule has 2 heteroatoms. The highest BCUT2D eigenvalue weighted by molar-refractivity contribution is 5.79. The lowest BCUT2D eigenvalue weighted by Gasteiger charge is -2.21. The molecule has 0 saturated heterocycles. The maximum absolute atomic E-state index is 11.1. The maximum atomic E-state index is 11.1. The summed E-state index contributed by atoms with van der Waals surface area (Å²) in [5, 5.41) is 0. The van der Waals surface area contributed by atoms with Crippen LogP contribution in [0.5, 0.6) is 0 Å². The fourth-order valence-corrected chi connectivity index (χ4v) is 1.96. The van der Waals surface area contributed by atoms with Gasteiger partial charge in [-0.3, -0.25) is 4.79 Å². The predicted octanol–water partition coefficient (Wildman–Crippen LogP) is 3.24. The van der Waals surface area contributed by atoms with Crippen LogP contribution in [0, 0.1) is 6.92 Å². The Kier molecular flexibility index (Phi) is 2.99. The average molecular weight is 217 g/mol. The molecule has 0 aromatic heterocycles. The monoisotopic (exact) mass is 217 g/mol. The van der Waals surface area contributed by atoms with E-state index in [1.54, 1.807) is 0 Å². The molecule has 1 aliphatic rings. The van der Waals surface area contributed by atoms with Crippen LogP contribution < -0.4 is 4.90 Å². The van der Waals surface area contributed by atoms with Gasteiger partial charge in [0.05, 0.1) is 0 Å². The lowest BCUT2D eigenvalue weighted by atomic mass is 10.0. The Morgan fingerprint density at radius 2 is 2.06 bits per heavy atom. The number of rotatable bonds is 4. The van der Waals surface area contributed by atoms with Crippen LogP contribution in [0.1, 0.15) is 43.7 Å². The first-order valence-corrected chi connectivity index (χ1v) is 5.97. The molecule has 0 radical (unpaired) electrons. The van der Waals surface area contributed by atoms with E-state index in [1.165, 1.54) is 11.1 Å². The summed E-state index contributed by atoms with van der Waals surface area (Å²) in [5.41, 5.74) is 3.57. The van der Waals surface area contributed by atoms with Gasteiger partial charge in [0.15, 0.2) is 0 Å². The molecule has 2 rings (SSSR count). The Hall–Kier alpha value is -1.31. The Morgan fingerprint density at radius 1 is 1.38 bits per heavy atom. The first-order valence-electron chi connectivity index (χ1n) is 5.97. The molecule has 86 valence electrons. The van der Waals surface area contributed by atoms with E-state index in [9.17, 15) is 4.79 Å². The second kappa shape index (κ2) is 4.28. The van der Waals surface area contributed by atoms with E-state index in [0.29, 0.717) is 12.0 Å². The van der Waals surface area contributed by atoms with Crippen LogP contribution in [0.15, 0.2) is 18.2 Å². The van der Waals surface area contributed by atoms with Crippen molar-refractivity contribution < 1.29 is 4.79 Å². The van der Waals surface area contributed by atoms with Gasteiger partial charge in [0.25, 0.3) is 0 Å². The number of hydrogen-bond acceptors (Lipinski definition) is 1. The van der Waals surface area contributed by atoms with Crippen LogP contribution in [0.4, 0.5) is 5.69 Å². The Balaban J connectivity index is 2.36. The Morgan fingerprint density at radius 3 is 2.56 bits per heavy atom. The van der Waals surface area contributed by atoms with Crippen LogP contribution in [0.25, 0.3) is 0 Å². The zero-order valence-electron chi connectivity index (χ0n) is 10.2. The highest BCUT2D eigenvalue weighted by Gasteiger charge is 2.29. The Bertz CT molecular complexity index is 394. The van der Waals surface area contributed by atoms with Crippen molar-refractivity contribution in [3.05, 3.63) is 29.3 Å². The first-order chi connectivity index (χ1) is 7.63. The van der Waals surface area contributed by atoms with Gasteiger partial charge in [0.1, 0.15) is 0 Å². The molecule has 0 N–H and O–H groups in total. The number of aryl methyl sites for hydroxylation is 1. The van der Waals surface area contributed by atoms with E-state index in [0.717, 1.165) is 24.9 Å². The van der Waals surface area contributed by atoms with E-state index in [-0.39, 0.29) is 0 Å². The lowest BCUT2D eigenvalue weighted by molar-refractivity contribution is -0.107. The van der Waals surface area contributed by atoms with E-state index in [4.69, 9.17) is 0 Å². The molecule has 0 spiro atoms. The summed E-state index contributed by atoms with van der Waals surface area (Å²) >= 11 is 0. The summed E-state index contributed by atoms with van der Waals surface area (Å²) in [6, 6.07) is 6.87. The molecule has 1 aromatic carbocycles. The van der Waals surface area contributed by atoms with Gasteiger partial charge in [-0.1, -0.05) is 26.0 Å². The average Bonchev–Trinajstić information content (AvgIpc) is 3.05. The third kappa shape index (κ3) is 2.11. The van der Waals surface area contributed by atoms with Crippen LogP contribution in [0.3, 0.4) is 0 Å². The standard InChI is InChI=1S/C14H19NO/c1-10(2)12-5-4-11(3)14(8-12)15(9-16)13-6-7-13/h4-5,8-10,13H,6-7H2,1-3H3. The highest BCUT2D eigenvalue weighted by Crippen LogP contribution is 2.33. The summed E-state index contributed by atoms with van der Waals surface area (Å²) in [6.07, 6.45) is 3.26. The molecular formula is C14H19NO. The van der Waals surface area contributed by atoms with Crippen molar-refractivity contribution in [1.82, 2.24) is 0 Å². The third-order valence-corrected chi connectivity index (χ3v) is 3.23. The van der Waals surface area contributed by atoms with Crippen molar-refractivity contribution in [3.8, 4) is 0 Å². The lowest BCUT2D eigenvalue weighted by Crippen LogP contribution is -2.24. The van der Waals surface area contributed by atoms with Gasteiger partial charge >= 0.3 is 0 Å². The van der Waals surface area contributed by atoms with Crippen molar-refractivity contribution in [2.75, 3.05) is 4.90 Å². The van der Waals surface area contributed by atoms with Crippen LogP contribution >= 0.6 is 0 Å². The summed E-state index contributed by atoms with van der Waals surface area (Å²) in [7, 11) is 0. The summed E-state index contributed by atoms with van der Waals surface area (Å²) in [4.78, 5) is 13.0. The van der Waals surface area contributed by atoms with Gasteiger partial charge in [0.2, 0.25) is 6.41 Å². The van der Waals surface area contributed by atoms with E-state index >= 15 is 0 Å². The molecule has 0 heterocycles. The van der Waals surface area contributed by atoms with E-state index < -0.39 is 0 Å². The fraction of sp³-hybridized carbons (Fsp3) is 0.500. The summed E-state index contributed by atoms with van der Waals surface area (Å²) in [6.45, 7) is 6.42. The van der Waals surface area contributed by atoms with Gasteiger partial charge in [-0.15, -0.1) is 0 Å². The van der Waals surface area contributed by atoms with Crippen molar-refractivity contribution in [2.24, 2.45) is 0 Å². The van der Waals surface area contributed by atoms with Gasteiger partial charge in [0, 0.05) is 11.7 Å². The number of anilines is 1. The SMILES string of the molecule is Cc1ccc(C(C)C)cc1N(C=O)C1CC1. The van der Waals surface area contributed by atoms with E-state index in [2.05, 4.69) is 39.0 Å². The van der Waals surface area contributed by atoms with Crippen LogP contribution in [-0.2, 0) is 4.79 Å². The Labute approximate surface area is 97.3 Å². The molecule has 16 heavy (non-hydrogen) atoms. The molecule has 1 fully saturated rings. The number of nitrogens with zero attached hydrogens (tertiary/aromatic N) is 1. The molecule has 1 saturated carbocycles. The van der Waals surface area contributed by atoms with Crippen molar-refractivity contribution >= 4 is 12.1 Å². The smallest absolute Gasteiger partial charge is 0.214 e. The van der Waals surface area contributed by atoms with Gasteiger partial charge in [-0.25, -0.2) is 0 Å². The molecule has 0 atom stereocenters. The molecule has 0 aliphatic heterocycles. The summed E-state index contributed by atoms with van der Waals surface area (Å²) < 4.78 is 0. The predicted molar refractivity (Wildman–Crippen MR) is 66.8 cm³/mol. The summed E-state index contributed by atoms with van der Waals surface area (Å²) in [5.74, 6) is 0.507. The minimum Gasteiger partial charge on any atom is -0.312 e. The fourth-order valence-electron chi connectivity index (χ4n) is 1.96. The van der Waals surface area contributed by atoms with Crippen molar-refractivity contribution in [1.29, 1.82) is 0 Å². The maximum Gasteiger partial charge on any atom is 0.214 e. The second-order valence-corrected chi connectivity index (χ2v) is 4.94. The number of carbonyl (C=O) groups is 1. The zero-order chi connectivity index (χ0) is 11.7.